The Balaban J connectivity index is 0.000000312. The van der Waals surface area contributed by atoms with Gasteiger partial charge in [-0.05, 0) is 22.6 Å². The fourth-order valence-corrected chi connectivity index (χ4v) is 3.98. The van der Waals surface area contributed by atoms with Crippen LogP contribution in [0.4, 0.5) is 0 Å². The van der Waals surface area contributed by atoms with Crippen molar-refractivity contribution in [1.29, 1.82) is 0 Å². The molecule has 0 amide bonds. The van der Waals surface area contributed by atoms with Gasteiger partial charge in [0.15, 0.2) is 4.96 Å². The third-order valence-corrected chi connectivity index (χ3v) is 5.60. The highest BCUT2D eigenvalue weighted by Gasteiger charge is 2.11. The second kappa shape index (κ2) is 13.9. The lowest BCUT2D eigenvalue weighted by atomic mass is 10.2. The first kappa shape index (κ1) is 24.3. The summed E-state index contributed by atoms with van der Waals surface area (Å²) in [6.07, 6.45) is 4.20. The summed E-state index contributed by atoms with van der Waals surface area (Å²) < 4.78 is 13.2. The summed E-state index contributed by atoms with van der Waals surface area (Å²) >= 11 is 1.71. The number of thiazole rings is 1. The van der Waals surface area contributed by atoms with Crippen LogP contribution in [-0.4, -0.2) is 65.6 Å². The van der Waals surface area contributed by atoms with E-state index in [-0.39, 0.29) is 6.61 Å². The second-order valence-electron chi connectivity index (χ2n) is 6.72. The van der Waals surface area contributed by atoms with Crippen molar-refractivity contribution < 1.29 is 29.7 Å². The number of hydrogen-bond acceptors (Lipinski definition) is 9. The molecule has 172 valence electrons. The highest BCUT2D eigenvalue weighted by atomic mass is 32.1. The number of fused-ring (bicyclic) bond motifs is 1. The van der Waals surface area contributed by atoms with Crippen LogP contribution in [0.25, 0.3) is 15.4 Å². The maximum absolute atomic E-state index is 7.47. The van der Waals surface area contributed by atoms with E-state index in [1.807, 2.05) is 6.07 Å². The Labute approximate surface area is 190 Å². The first-order valence-corrected chi connectivity index (χ1v) is 11.0. The summed E-state index contributed by atoms with van der Waals surface area (Å²) in [4.78, 5) is 13.4. The number of ether oxygens (including phenoxy) is 2. The summed E-state index contributed by atoms with van der Waals surface area (Å²) in [6.45, 7) is 7.68. The highest BCUT2D eigenvalue weighted by molar-refractivity contribution is 7.20. The molecule has 10 heteroatoms. The zero-order valence-electron chi connectivity index (χ0n) is 17.9. The third kappa shape index (κ3) is 7.98. The number of rotatable bonds is 9. The van der Waals surface area contributed by atoms with E-state index in [2.05, 4.69) is 77.7 Å². The molecule has 0 spiro atoms. The van der Waals surface area contributed by atoms with Crippen LogP contribution in [0.3, 0.4) is 0 Å². The van der Waals surface area contributed by atoms with Gasteiger partial charge in [-0.25, -0.2) is 10.2 Å². The molecule has 4 rings (SSSR count). The molecule has 3 heterocycles. The zero-order chi connectivity index (χ0) is 22.4. The van der Waals surface area contributed by atoms with Crippen molar-refractivity contribution in [2.45, 2.75) is 13.5 Å². The van der Waals surface area contributed by atoms with Crippen LogP contribution >= 0.6 is 11.3 Å². The average molecular weight is 462 g/mol. The van der Waals surface area contributed by atoms with Crippen molar-refractivity contribution in [3.63, 3.8) is 0 Å². The Hall–Kier alpha value is -2.33. The minimum absolute atomic E-state index is 0.0804. The van der Waals surface area contributed by atoms with Crippen molar-refractivity contribution in [3.8, 4) is 22.3 Å². The predicted octanol–water partition coefficient (Wildman–Crippen LogP) is 3.27. The van der Waals surface area contributed by atoms with Gasteiger partial charge in [-0.15, -0.1) is 5.92 Å². The molecule has 0 radical (unpaired) electrons. The molecule has 0 atom stereocenters. The molecular weight excluding hydrogens is 434 g/mol. The molecule has 0 bridgehead atoms. The number of morpholine rings is 1. The van der Waals surface area contributed by atoms with Crippen molar-refractivity contribution in [3.05, 3.63) is 48.4 Å². The van der Waals surface area contributed by atoms with E-state index in [0.29, 0.717) is 6.61 Å². The lowest BCUT2D eigenvalue weighted by Crippen LogP contribution is -2.38. The monoisotopic (exact) mass is 461 g/mol. The van der Waals surface area contributed by atoms with Gasteiger partial charge in [0.1, 0.15) is 6.61 Å². The normalized spacial score (nSPS) is 13.9. The fourth-order valence-electron chi connectivity index (χ4n) is 2.99. The van der Waals surface area contributed by atoms with Gasteiger partial charge in [0.05, 0.1) is 37.0 Å². The Morgan fingerprint density at radius 2 is 2.00 bits per heavy atom. The molecule has 1 N–H and O–H groups in total. The van der Waals surface area contributed by atoms with Crippen LogP contribution < -0.4 is 0 Å². The van der Waals surface area contributed by atoms with Crippen LogP contribution in [0.2, 0.25) is 0 Å². The van der Waals surface area contributed by atoms with Gasteiger partial charge in [0.25, 0.3) is 0 Å². The summed E-state index contributed by atoms with van der Waals surface area (Å²) in [7, 11) is 0. The Morgan fingerprint density at radius 1 is 1.19 bits per heavy atom. The van der Waals surface area contributed by atoms with E-state index in [1.165, 1.54) is 10.4 Å². The van der Waals surface area contributed by atoms with E-state index in [1.54, 1.807) is 18.3 Å². The molecule has 9 nitrogen and oxygen atoms in total. The first-order valence-electron chi connectivity index (χ1n) is 10.2. The topological polar surface area (TPSA) is 86.9 Å². The van der Waals surface area contributed by atoms with Gasteiger partial charge < -0.3 is 9.47 Å². The Kier molecular flexibility index (Phi) is 10.6. The Bertz CT molecular complexity index is 944. The van der Waals surface area contributed by atoms with Crippen LogP contribution in [0.15, 0.2) is 42.7 Å². The summed E-state index contributed by atoms with van der Waals surface area (Å²) in [6, 6.07) is 10.4. The average Bonchev–Trinajstić information content (AvgIpc) is 3.41. The van der Waals surface area contributed by atoms with Crippen LogP contribution in [-0.2, 0) is 31.0 Å². The van der Waals surface area contributed by atoms with Crippen molar-refractivity contribution >= 4 is 16.3 Å². The van der Waals surface area contributed by atoms with E-state index in [4.69, 9.17) is 14.7 Å². The van der Waals surface area contributed by atoms with Crippen LogP contribution in [0.5, 0.6) is 0 Å². The maximum atomic E-state index is 7.47. The Morgan fingerprint density at radius 3 is 2.72 bits per heavy atom. The maximum Gasteiger partial charge on any atom is 0.194 e. The first-order chi connectivity index (χ1) is 15.8. The minimum atomic E-state index is 0.0804. The molecule has 1 fully saturated rings. The summed E-state index contributed by atoms with van der Waals surface area (Å²) in [5, 5.41) is 14.2. The van der Waals surface area contributed by atoms with Crippen molar-refractivity contribution in [1.82, 2.24) is 14.3 Å². The molecule has 3 aromatic rings. The van der Waals surface area contributed by atoms with Gasteiger partial charge in [-0.3, -0.25) is 9.30 Å². The van der Waals surface area contributed by atoms with Gasteiger partial charge in [-0.2, -0.15) is 4.89 Å². The van der Waals surface area contributed by atoms with Crippen molar-refractivity contribution in [2.75, 3.05) is 46.1 Å². The standard InChI is InChI=1S/C18H21N3O2S.C4H6O4/c1-2-4-15(5-3-1)17-13-21-12-16(19-18(21)24-17)14-23-11-8-20-6-9-22-10-7-20;1-2-3-4-6-8-7-5/h1-5,12-13H,6-11,14H2;5H,4H2,1H3. The van der Waals surface area contributed by atoms with Gasteiger partial charge in [0.2, 0.25) is 0 Å². The lowest BCUT2D eigenvalue weighted by molar-refractivity contribution is -0.620. The molecule has 1 aliphatic heterocycles. The summed E-state index contributed by atoms with van der Waals surface area (Å²) in [5.41, 5.74) is 2.22. The molecule has 1 saturated heterocycles. The molecule has 0 aliphatic carbocycles. The quantitative estimate of drug-likeness (QED) is 0.225. The van der Waals surface area contributed by atoms with Crippen LogP contribution in [0.1, 0.15) is 12.6 Å². The van der Waals surface area contributed by atoms with E-state index < -0.39 is 0 Å². The number of nitrogens with zero attached hydrogens (tertiary/aromatic N) is 3. The summed E-state index contributed by atoms with van der Waals surface area (Å²) in [5.74, 6) is 5.03. The SMILES string of the molecule is CC#CCOOOO.c1ccc(-c2cn3cc(COCCN4CCOCC4)nc3s2)cc1. The second-order valence-corrected chi connectivity index (χ2v) is 7.73. The smallest absolute Gasteiger partial charge is 0.194 e. The molecule has 0 unspecified atom stereocenters. The van der Waals surface area contributed by atoms with Crippen molar-refractivity contribution in [2.24, 2.45) is 0 Å². The van der Waals surface area contributed by atoms with E-state index >= 15 is 0 Å². The number of imidazole rings is 1. The number of benzene rings is 1. The van der Waals surface area contributed by atoms with Gasteiger partial charge in [0, 0.05) is 32.0 Å². The van der Waals surface area contributed by atoms with E-state index in [0.717, 1.165) is 50.1 Å². The zero-order valence-corrected chi connectivity index (χ0v) is 18.8. The fraction of sp³-hybridized carbons (Fsp3) is 0.409. The van der Waals surface area contributed by atoms with E-state index in [9.17, 15) is 0 Å². The van der Waals surface area contributed by atoms with Gasteiger partial charge >= 0.3 is 0 Å². The molecule has 0 saturated carbocycles. The van der Waals surface area contributed by atoms with Crippen LogP contribution in [0, 0.1) is 11.8 Å². The minimum Gasteiger partial charge on any atom is -0.379 e. The van der Waals surface area contributed by atoms with Gasteiger partial charge in [-0.1, -0.05) is 47.6 Å². The molecular formula is C22H27N3O6S. The lowest BCUT2D eigenvalue weighted by Gasteiger charge is -2.26. The molecule has 32 heavy (non-hydrogen) atoms. The highest BCUT2D eigenvalue weighted by Crippen LogP contribution is 2.28. The predicted molar refractivity (Wildman–Crippen MR) is 120 cm³/mol. The third-order valence-electron chi connectivity index (χ3n) is 4.56. The molecule has 1 aromatic carbocycles. The molecule has 2 aromatic heterocycles. The number of hydrogen-bond donors (Lipinski definition) is 1. The number of aromatic nitrogens is 2. The molecule has 1 aliphatic rings. The largest absolute Gasteiger partial charge is 0.379 e.